The maximum absolute atomic E-state index is 13.3. The van der Waals surface area contributed by atoms with Gasteiger partial charge in [-0.3, -0.25) is 10.1 Å². The Kier molecular flexibility index (Phi) is 4.20. The van der Waals surface area contributed by atoms with E-state index in [1.807, 2.05) is 0 Å². The van der Waals surface area contributed by atoms with Gasteiger partial charge in [0.1, 0.15) is 5.82 Å². The number of hydrogen-bond donors (Lipinski definition) is 0. The van der Waals surface area contributed by atoms with Crippen LogP contribution in [0.3, 0.4) is 0 Å². The minimum atomic E-state index is -0.683. The molecule has 0 aliphatic rings. The molecule has 0 atom stereocenters. The molecule has 0 spiro atoms. The van der Waals surface area contributed by atoms with Crippen LogP contribution in [0.1, 0.15) is 18.1 Å². The van der Waals surface area contributed by atoms with Crippen molar-refractivity contribution in [1.29, 1.82) is 0 Å². The average molecular weight is 248 g/mol. The van der Waals surface area contributed by atoms with Crippen molar-refractivity contribution in [2.24, 2.45) is 0 Å². The van der Waals surface area contributed by atoms with Gasteiger partial charge in [-0.2, -0.15) is 0 Å². The molecule has 88 valence electrons. The molecule has 0 amide bonds. The van der Waals surface area contributed by atoms with E-state index in [2.05, 4.69) is 0 Å². The first-order valence-corrected chi connectivity index (χ1v) is 5.06. The Balaban J connectivity index is 3.32. The Morgan fingerprint density at radius 3 is 2.75 bits per heavy atom. The fraction of sp³-hybridized carbons (Fsp3) is 0.400. The van der Waals surface area contributed by atoms with Crippen molar-refractivity contribution < 1.29 is 14.1 Å². The molecule has 0 saturated heterocycles. The highest BCUT2D eigenvalue weighted by Crippen LogP contribution is 2.32. The number of hydrogen-bond acceptors (Lipinski definition) is 3. The number of rotatable bonds is 4. The van der Waals surface area contributed by atoms with Gasteiger partial charge in [0.25, 0.3) is 5.69 Å². The Morgan fingerprint density at radius 1 is 1.62 bits per heavy atom. The van der Waals surface area contributed by atoms with E-state index in [1.54, 1.807) is 6.92 Å². The number of nitro groups is 1. The van der Waals surface area contributed by atoms with Gasteiger partial charge in [-0.25, -0.2) is 4.39 Å². The summed E-state index contributed by atoms with van der Waals surface area (Å²) in [7, 11) is 0. The molecule has 1 aromatic rings. The van der Waals surface area contributed by atoms with Crippen LogP contribution in [0.2, 0.25) is 5.02 Å². The van der Waals surface area contributed by atoms with E-state index in [0.29, 0.717) is 6.61 Å². The fourth-order valence-corrected chi connectivity index (χ4v) is 1.59. The number of ether oxygens (including phenoxy) is 1. The van der Waals surface area contributed by atoms with Gasteiger partial charge in [0, 0.05) is 6.61 Å². The lowest BCUT2D eigenvalue weighted by Gasteiger charge is -2.08. The van der Waals surface area contributed by atoms with Crippen molar-refractivity contribution in [1.82, 2.24) is 0 Å². The second kappa shape index (κ2) is 5.23. The van der Waals surface area contributed by atoms with Crippen LogP contribution in [0.4, 0.5) is 10.1 Å². The predicted molar refractivity (Wildman–Crippen MR) is 58.1 cm³/mol. The van der Waals surface area contributed by atoms with Gasteiger partial charge in [0.2, 0.25) is 0 Å². The molecule has 0 aliphatic heterocycles. The van der Waals surface area contributed by atoms with Crippen LogP contribution in [-0.4, -0.2) is 11.5 Å². The maximum Gasteiger partial charge on any atom is 0.282 e. The van der Waals surface area contributed by atoms with Crippen LogP contribution in [0.25, 0.3) is 0 Å². The van der Waals surface area contributed by atoms with Crippen molar-refractivity contribution in [3.63, 3.8) is 0 Å². The summed E-state index contributed by atoms with van der Waals surface area (Å²) < 4.78 is 18.3. The van der Waals surface area contributed by atoms with E-state index in [1.165, 1.54) is 6.92 Å². The molecule has 0 fully saturated rings. The zero-order valence-corrected chi connectivity index (χ0v) is 9.68. The van der Waals surface area contributed by atoms with Crippen molar-refractivity contribution in [3.8, 4) is 0 Å². The topological polar surface area (TPSA) is 52.4 Å². The van der Waals surface area contributed by atoms with Gasteiger partial charge < -0.3 is 4.74 Å². The van der Waals surface area contributed by atoms with E-state index in [9.17, 15) is 14.5 Å². The van der Waals surface area contributed by atoms with Crippen LogP contribution in [0.15, 0.2) is 6.07 Å². The first-order valence-electron chi connectivity index (χ1n) is 4.68. The molecular weight excluding hydrogens is 237 g/mol. The summed E-state index contributed by atoms with van der Waals surface area (Å²) in [6.45, 7) is 3.52. The van der Waals surface area contributed by atoms with E-state index in [-0.39, 0.29) is 28.4 Å². The molecular formula is C10H11ClFNO3. The third kappa shape index (κ3) is 2.48. The summed E-state index contributed by atoms with van der Waals surface area (Å²) in [6.07, 6.45) is 0. The molecule has 0 bridgehead atoms. The van der Waals surface area contributed by atoms with E-state index >= 15 is 0 Å². The number of benzene rings is 1. The zero-order chi connectivity index (χ0) is 12.3. The zero-order valence-electron chi connectivity index (χ0n) is 8.92. The Morgan fingerprint density at radius 2 is 2.25 bits per heavy atom. The molecule has 0 radical (unpaired) electrons. The SMILES string of the molecule is CCOCc1c(Cl)cc(F)c(C)c1[N+](=O)[O-]. The highest BCUT2D eigenvalue weighted by Gasteiger charge is 2.23. The monoisotopic (exact) mass is 247 g/mol. The minimum absolute atomic E-state index is 0.00671. The lowest BCUT2D eigenvalue weighted by atomic mass is 10.1. The smallest absolute Gasteiger partial charge is 0.282 e. The van der Waals surface area contributed by atoms with Crippen molar-refractivity contribution in [2.45, 2.75) is 20.5 Å². The Hall–Kier alpha value is -1.20. The molecule has 1 rings (SSSR count). The second-order valence-electron chi connectivity index (χ2n) is 3.19. The molecule has 4 nitrogen and oxygen atoms in total. The van der Waals surface area contributed by atoms with E-state index < -0.39 is 10.7 Å². The van der Waals surface area contributed by atoms with Crippen LogP contribution in [-0.2, 0) is 11.3 Å². The van der Waals surface area contributed by atoms with Crippen molar-refractivity contribution in [2.75, 3.05) is 6.61 Å². The van der Waals surface area contributed by atoms with Crippen molar-refractivity contribution >= 4 is 17.3 Å². The van der Waals surface area contributed by atoms with Gasteiger partial charge in [0.15, 0.2) is 0 Å². The van der Waals surface area contributed by atoms with Gasteiger partial charge in [-0.05, 0) is 19.9 Å². The molecule has 0 aromatic heterocycles. The van der Waals surface area contributed by atoms with Crippen LogP contribution in [0, 0.1) is 22.9 Å². The van der Waals surface area contributed by atoms with Crippen LogP contribution in [0.5, 0.6) is 0 Å². The summed E-state index contributed by atoms with van der Waals surface area (Å²) >= 11 is 5.76. The molecule has 0 heterocycles. The minimum Gasteiger partial charge on any atom is -0.377 e. The average Bonchev–Trinajstić information content (AvgIpc) is 2.20. The van der Waals surface area contributed by atoms with Gasteiger partial charge in [0.05, 0.1) is 27.7 Å². The lowest BCUT2D eigenvalue weighted by Crippen LogP contribution is -2.03. The summed E-state index contributed by atoms with van der Waals surface area (Å²) in [5.41, 5.74) is -0.116. The van der Waals surface area contributed by atoms with Crippen molar-refractivity contribution in [3.05, 3.63) is 38.1 Å². The lowest BCUT2D eigenvalue weighted by molar-refractivity contribution is -0.386. The highest BCUT2D eigenvalue weighted by atomic mass is 35.5. The highest BCUT2D eigenvalue weighted by molar-refractivity contribution is 6.31. The van der Waals surface area contributed by atoms with Gasteiger partial charge in [-0.1, -0.05) is 11.6 Å². The molecule has 16 heavy (non-hydrogen) atoms. The molecule has 0 N–H and O–H groups in total. The predicted octanol–water partition coefficient (Wildman–Crippen LogP) is 3.23. The summed E-state index contributed by atoms with van der Waals surface area (Å²) in [4.78, 5) is 10.2. The number of halogens is 2. The Bertz CT molecular complexity index is 423. The van der Waals surface area contributed by atoms with Crippen LogP contribution >= 0.6 is 11.6 Å². The first kappa shape index (κ1) is 12.9. The maximum atomic E-state index is 13.3. The molecule has 0 aliphatic carbocycles. The first-order chi connectivity index (χ1) is 7.49. The Labute approximate surface area is 97.1 Å². The summed E-state index contributed by atoms with van der Waals surface area (Å²) in [5, 5.41) is 10.9. The van der Waals surface area contributed by atoms with Gasteiger partial charge in [-0.15, -0.1) is 0 Å². The van der Waals surface area contributed by atoms with Gasteiger partial charge >= 0.3 is 0 Å². The standard InChI is InChI=1S/C10H11ClFNO3/c1-3-16-5-7-8(11)4-9(12)6(2)10(7)13(14)15/h4H,3,5H2,1-2H3. The third-order valence-corrected chi connectivity index (χ3v) is 2.51. The fourth-order valence-electron chi connectivity index (χ4n) is 1.35. The third-order valence-electron chi connectivity index (χ3n) is 2.17. The largest absolute Gasteiger partial charge is 0.377 e. The molecule has 0 saturated carbocycles. The molecule has 6 heteroatoms. The second-order valence-corrected chi connectivity index (χ2v) is 3.59. The van der Waals surface area contributed by atoms with E-state index in [0.717, 1.165) is 6.07 Å². The molecule has 1 aromatic carbocycles. The molecule has 0 unspecified atom stereocenters. The normalized spacial score (nSPS) is 10.5. The van der Waals surface area contributed by atoms with Crippen LogP contribution < -0.4 is 0 Å². The quantitative estimate of drug-likeness (QED) is 0.606. The number of nitrogens with zero attached hydrogens (tertiary/aromatic N) is 1. The number of nitro benzene ring substituents is 1. The summed E-state index contributed by atoms with van der Waals surface area (Å²) in [5.74, 6) is -0.683. The van der Waals surface area contributed by atoms with E-state index in [4.69, 9.17) is 16.3 Å². The summed E-state index contributed by atoms with van der Waals surface area (Å²) in [6, 6.07) is 1.07.